The van der Waals surface area contributed by atoms with Crippen LogP contribution in [0.5, 0.6) is 11.5 Å². The zero-order valence-corrected chi connectivity index (χ0v) is 18.2. The minimum Gasteiger partial charge on any atom is -0.494 e. The normalized spacial score (nSPS) is 11.0. The molecule has 0 saturated carbocycles. The van der Waals surface area contributed by atoms with Crippen LogP contribution in [0, 0.1) is 0 Å². The molecule has 0 saturated heterocycles. The van der Waals surface area contributed by atoms with Crippen LogP contribution in [-0.2, 0) is 4.79 Å². The number of nitrogens with one attached hydrogen (secondary N) is 1. The van der Waals surface area contributed by atoms with Crippen LogP contribution in [0.25, 0.3) is 0 Å². The van der Waals surface area contributed by atoms with Gasteiger partial charge in [0.15, 0.2) is 6.61 Å². The maximum Gasteiger partial charge on any atom is 0.277 e. The van der Waals surface area contributed by atoms with Crippen LogP contribution in [0.1, 0.15) is 50.7 Å². The molecule has 0 aliphatic carbocycles. The van der Waals surface area contributed by atoms with Gasteiger partial charge in [0.25, 0.3) is 5.91 Å². The van der Waals surface area contributed by atoms with Crippen molar-refractivity contribution < 1.29 is 14.3 Å². The number of halogens is 1. The van der Waals surface area contributed by atoms with Crippen LogP contribution in [0.3, 0.4) is 0 Å². The molecule has 1 N–H and O–H groups in total. The van der Waals surface area contributed by atoms with Gasteiger partial charge in [-0.25, -0.2) is 5.43 Å². The highest BCUT2D eigenvalue weighted by Crippen LogP contribution is 2.29. The van der Waals surface area contributed by atoms with Gasteiger partial charge in [-0.2, -0.15) is 5.10 Å². The smallest absolute Gasteiger partial charge is 0.277 e. The second kappa shape index (κ2) is 11.5. The molecule has 0 spiro atoms. The highest BCUT2D eigenvalue weighted by molar-refractivity contribution is 9.10. The number of carbonyl (C=O) groups excluding carboxylic acids is 1. The Balaban J connectivity index is 1.81. The Morgan fingerprint density at radius 2 is 1.93 bits per heavy atom. The standard InChI is InChI=1S/C22H27BrN2O3/c1-4-5-12-27-19-9-6-17(7-10-19)14-24-25-22(26)15-28-21-11-8-18(23)13-20(21)16(2)3/h6-11,13-14,16H,4-5,12,15H2,1-3H3,(H,25,26)/b24-14+. The molecular formula is C22H27BrN2O3. The molecule has 2 rings (SSSR count). The molecule has 0 atom stereocenters. The van der Waals surface area contributed by atoms with Crippen molar-refractivity contribution in [1.29, 1.82) is 0 Å². The Hall–Kier alpha value is -2.34. The van der Waals surface area contributed by atoms with E-state index in [1.807, 2.05) is 42.5 Å². The Morgan fingerprint density at radius 3 is 2.61 bits per heavy atom. The summed E-state index contributed by atoms with van der Waals surface area (Å²) in [5.41, 5.74) is 4.41. The molecule has 0 unspecified atom stereocenters. The van der Waals surface area contributed by atoms with Crippen LogP contribution in [0.2, 0.25) is 0 Å². The summed E-state index contributed by atoms with van der Waals surface area (Å²) in [7, 11) is 0. The summed E-state index contributed by atoms with van der Waals surface area (Å²) in [5, 5.41) is 3.98. The molecule has 0 aliphatic rings. The highest BCUT2D eigenvalue weighted by atomic mass is 79.9. The lowest BCUT2D eigenvalue weighted by Gasteiger charge is -2.13. The number of rotatable bonds is 10. The van der Waals surface area contributed by atoms with Crippen molar-refractivity contribution in [3.05, 3.63) is 58.1 Å². The van der Waals surface area contributed by atoms with Crippen molar-refractivity contribution in [3.63, 3.8) is 0 Å². The van der Waals surface area contributed by atoms with Gasteiger partial charge in [-0.05, 0) is 65.9 Å². The van der Waals surface area contributed by atoms with Crippen molar-refractivity contribution in [3.8, 4) is 11.5 Å². The van der Waals surface area contributed by atoms with Gasteiger partial charge in [0.1, 0.15) is 11.5 Å². The maximum atomic E-state index is 12.0. The van der Waals surface area contributed by atoms with E-state index in [-0.39, 0.29) is 12.5 Å². The Kier molecular flexibility index (Phi) is 9.01. The van der Waals surface area contributed by atoms with Gasteiger partial charge in [-0.15, -0.1) is 0 Å². The maximum absolute atomic E-state index is 12.0. The van der Waals surface area contributed by atoms with Crippen molar-refractivity contribution in [2.75, 3.05) is 13.2 Å². The molecule has 150 valence electrons. The summed E-state index contributed by atoms with van der Waals surface area (Å²) >= 11 is 3.46. The Bertz CT molecular complexity index is 789. The largest absolute Gasteiger partial charge is 0.494 e. The van der Waals surface area contributed by atoms with Crippen LogP contribution in [0.4, 0.5) is 0 Å². The van der Waals surface area contributed by atoms with Crippen molar-refractivity contribution >= 4 is 28.1 Å². The number of hydrogen-bond acceptors (Lipinski definition) is 4. The van der Waals surface area contributed by atoms with Gasteiger partial charge in [0.2, 0.25) is 0 Å². The van der Waals surface area contributed by atoms with Crippen molar-refractivity contribution in [2.45, 2.75) is 39.5 Å². The van der Waals surface area contributed by atoms with E-state index in [2.05, 4.69) is 47.2 Å². The van der Waals surface area contributed by atoms with Crippen molar-refractivity contribution in [1.82, 2.24) is 5.43 Å². The van der Waals surface area contributed by atoms with Crippen LogP contribution in [-0.4, -0.2) is 25.3 Å². The van der Waals surface area contributed by atoms with Gasteiger partial charge >= 0.3 is 0 Å². The lowest BCUT2D eigenvalue weighted by Crippen LogP contribution is -2.24. The van der Waals surface area contributed by atoms with Crippen LogP contribution < -0.4 is 14.9 Å². The number of carbonyl (C=O) groups is 1. The monoisotopic (exact) mass is 446 g/mol. The summed E-state index contributed by atoms with van der Waals surface area (Å²) in [4.78, 5) is 12.0. The average molecular weight is 447 g/mol. The summed E-state index contributed by atoms with van der Waals surface area (Å²) in [6.45, 7) is 6.92. The lowest BCUT2D eigenvalue weighted by atomic mass is 10.0. The number of amides is 1. The quantitative estimate of drug-likeness (QED) is 0.306. The number of hydrazone groups is 1. The van der Waals surface area contributed by atoms with E-state index in [4.69, 9.17) is 9.47 Å². The molecule has 0 bridgehead atoms. The Morgan fingerprint density at radius 1 is 1.18 bits per heavy atom. The average Bonchev–Trinajstić information content (AvgIpc) is 2.68. The molecule has 28 heavy (non-hydrogen) atoms. The minimum atomic E-state index is -0.312. The van der Waals surface area contributed by atoms with E-state index in [9.17, 15) is 4.79 Å². The molecule has 0 fully saturated rings. The first-order valence-electron chi connectivity index (χ1n) is 9.46. The second-order valence-corrected chi connectivity index (χ2v) is 7.61. The van der Waals surface area contributed by atoms with E-state index in [0.717, 1.165) is 40.8 Å². The van der Waals surface area contributed by atoms with E-state index in [1.165, 1.54) is 0 Å². The number of unbranched alkanes of at least 4 members (excludes halogenated alkanes) is 1. The third-order valence-electron chi connectivity index (χ3n) is 4.00. The second-order valence-electron chi connectivity index (χ2n) is 6.69. The van der Waals surface area contributed by atoms with Crippen LogP contribution >= 0.6 is 15.9 Å². The minimum absolute atomic E-state index is 0.0943. The number of nitrogens with zero attached hydrogens (tertiary/aromatic N) is 1. The molecular weight excluding hydrogens is 420 g/mol. The first-order valence-corrected chi connectivity index (χ1v) is 10.3. The SMILES string of the molecule is CCCCOc1ccc(/C=N/NC(=O)COc2ccc(Br)cc2C(C)C)cc1. The fourth-order valence-electron chi connectivity index (χ4n) is 2.44. The van der Waals surface area contributed by atoms with E-state index >= 15 is 0 Å². The molecule has 2 aromatic rings. The van der Waals surface area contributed by atoms with E-state index < -0.39 is 0 Å². The van der Waals surface area contributed by atoms with Gasteiger partial charge in [0, 0.05) is 4.47 Å². The third-order valence-corrected chi connectivity index (χ3v) is 4.50. The summed E-state index contributed by atoms with van der Waals surface area (Å²) in [6.07, 6.45) is 3.73. The summed E-state index contributed by atoms with van der Waals surface area (Å²) in [6, 6.07) is 13.3. The lowest BCUT2D eigenvalue weighted by molar-refractivity contribution is -0.123. The van der Waals surface area contributed by atoms with Gasteiger partial charge in [0.05, 0.1) is 12.8 Å². The zero-order chi connectivity index (χ0) is 20.4. The first-order chi connectivity index (χ1) is 13.5. The van der Waals surface area contributed by atoms with Gasteiger partial charge in [-0.3, -0.25) is 4.79 Å². The fourth-order valence-corrected chi connectivity index (χ4v) is 2.82. The predicted octanol–water partition coefficient (Wildman–Crippen LogP) is 5.28. The molecule has 0 radical (unpaired) electrons. The molecule has 6 heteroatoms. The summed E-state index contributed by atoms with van der Waals surface area (Å²) in [5.74, 6) is 1.52. The molecule has 0 aliphatic heterocycles. The summed E-state index contributed by atoms with van der Waals surface area (Å²) < 4.78 is 12.3. The molecule has 2 aromatic carbocycles. The van der Waals surface area contributed by atoms with Gasteiger partial charge in [-0.1, -0.05) is 43.1 Å². The number of hydrogen-bond donors (Lipinski definition) is 1. The van der Waals surface area contributed by atoms with Crippen LogP contribution in [0.15, 0.2) is 52.0 Å². The zero-order valence-electron chi connectivity index (χ0n) is 16.6. The highest BCUT2D eigenvalue weighted by Gasteiger charge is 2.10. The van der Waals surface area contributed by atoms with Gasteiger partial charge < -0.3 is 9.47 Å². The first kappa shape index (κ1) is 22.0. The van der Waals surface area contributed by atoms with Crippen molar-refractivity contribution in [2.24, 2.45) is 5.10 Å². The van der Waals surface area contributed by atoms with E-state index in [0.29, 0.717) is 11.7 Å². The Labute approximate surface area is 175 Å². The number of ether oxygens (including phenoxy) is 2. The third kappa shape index (κ3) is 7.35. The van der Waals surface area contributed by atoms with E-state index in [1.54, 1.807) is 6.21 Å². The topological polar surface area (TPSA) is 59.9 Å². The fraction of sp³-hybridized carbons (Fsp3) is 0.364. The molecule has 5 nitrogen and oxygen atoms in total. The number of benzene rings is 2. The molecule has 1 amide bonds. The predicted molar refractivity (Wildman–Crippen MR) is 116 cm³/mol. The molecule has 0 heterocycles. The molecule has 0 aromatic heterocycles.